The molecule has 1 fully saturated rings. The third kappa shape index (κ3) is 3.15. The van der Waals surface area contributed by atoms with E-state index < -0.39 is 0 Å². The van der Waals surface area contributed by atoms with Crippen LogP contribution in [0.3, 0.4) is 0 Å². The molecule has 0 spiro atoms. The fourth-order valence-corrected chi connectivity index (χ4v) is 6.59. The van der Waals surface area contributed by atoms with Gasteiger partial charge in [-0.05, 0) is 91.7 Å². The van der Waals surface area contributed by atoms with Crippen LogP contribution in [-0.4, -0.2) is 13.0 Å². The van der Waals surface area contributed by atoms with Crippen molar-refractivity contribution in [1.29, 1.82) is 0 Å². The molecular weight excluding hydrogens is 370 g/mol. The Morgan fingerprint density at radius 1 is 1.10 bits per heavy atom. The van der Waals surface area contributed by atoms with E-state index in [0.29, 0.717) is 17.8 Å². The summed E-state index contributed by atoms with van der Waals surface area (Å²) >= 11 is 0. The van der Waals surface area contributed by atoms with Crippen molar-refractivity contribution in [3.05, 3.63) is 71.3 Å². The van der Waals surface area contributed by atoms with E-state index in [9.17, 15) is 4.79 Å². The van der Waals surface area contributed by atoms with Gasteiger partial charge in [0.25, 0.3) is 5.91 Å². The molecular formula is C27H31NO2. The zero-order valence-corrected chi connectivity index (χ0v) is 18.0. The Morgan fingerprint density at radius 2 is 1.93 bits per heavy atom. The van der Waals surface area contributed by atoms with Crippen molar-refractivity contribution in [2.45, 2.75) is 51.4 Å². The normalized spacial score (nSPS) is 29.7. The van der Waals surface area contributed by atoms with Gasteiger partial charge in [0.1, 0.15) is 5.75 Å². The Balaban J connectivity index is 1.41. The number of fused-ring (bicyclic) bond motifs is 5. The highest BCUT2D eigenvalue weighted by Gasteiger charge is 2.51. The van der Waals surface area contributed by atoms with Gasteiger partial charge in [0.2, 0.25) is 0 Å². The van der Waals surface area contributed by atoms with Crippen LogP contribution in [0.25, 0.3) is 0 Å². The van der Waals surface area contributed by atoms with E-state index >= 15 is 0 Å². The molecule has 0 unspecified atom stereocenters. The van der Waals surface area contributed by atoms with Crippen molar-refractivity contribution in [2.24, 2.45) is 17.3 Å². The maximum atomic E-state index is 13.3. The fourth-order valence-electron chi connectivity index (χ4n) is 6.59. The SMILES string of the molecule is COc1ccc2c(c1)CC[C@@H]1[C@@H]2CC[C@@]2(C)C(C(=O)Nc3ccccc3)=CCC[C@@H]12. The predicted octanol–water partition coefficient (Wildman–Crippen LogP) is 6.12. The summed E-state index contributed by atoms with van der Waals surface area (Å²) in [5.74, 6) is 2.92. The zero-order valence-electron chi connectivity index (χ0n) is 18.0. The minimum atomic E-state index is -0.0255. The molecule has 0 radical (unpaired) electrons. The van der Waals surface area contributed by atoms with Gasteiger partial charge in [-0.2, -0.15) is 0 Å². The van der Waals surface area contributed by atoms with Crippen LogP contribution in [0.4, 0.5) is 5.69 Å². The smallest absolute Gasteiger partial charge is 0.251 e. The van der Waals surface area contributed by atoms with Crippen LogP contribution >= 0.6 is 0 Å². The molecule has 0 aromatic heterocycles. The number of anilines is 1. The van der Waals surface area contributed by atoms with Crippen molar-refractivity contribution < 1.29 is 9.53 Å². The van der Waals surface area contributed by atoms with Crippen LogP contribution in [-0.2, 0) is 11.2 Å². The maximum absolute atomic E-state index is 13.3. The van der Waals surface area contributed by atoms with Crippen molar-refractivity contribution >= 4 is 11.6 Å². The number of benzene rings is 2. The first-order valence-corrected chi connectivity index (χ1v) is 11.3. The summed E-state index contributed by atoms with van der Waals surface area (Å²) in [7, 11) is 1.75. The largest absolute Gasteiger partial charge is 0.497 e. The van der Waals surface area contributed by atoms with Crippen molar-refractivity contribution in [3.8, 4) is 5.75 Å². The molecule has 4 atom stereocenters. The third-order valence-electron chi connectivity index (χ3n) is 8.04. The molecule has 3 aliphatic rings. The number of methoxy groups -OCH3 is 1. The second-order valence-electron chi connectivity index (χ2n) is 9.45. The highest BCUT2D eigenvalue weighted by atomic mass is 16.5. The van der Waals surface area contributed by atoms with Crippen LogP contribution in [0, 0.1) is 17.3 Å². The molecule has 2 aromatic rings. The molecule has 0 saturated heterocycles. The quantitative estimate of drug-likeness (QED) is 0.673. The molecule has 2 aromatic carbocycles. The van der Waals surface area contributed by atoms with Gasteiger partial charge in [-0.15, -0.1) is 0 Å². The standard InChI is InChI=1S/C27H31NO2/c1-27-16-15-22-21-14-12-20(30-2)17-18(21)11-13-23(22)24(27)9-6-10-25(27)26(29)28-19-7-4-3-5-8-19/h3-5,7-8,10,12,14,17,22-24H,6,9,11,13,15-16H2,1-2H3,(H,28,29)/t22-,23-,24+,27-/m1/s1. The first-order chi connectivity index (χ1) is 14.6. The van der Waals surface area contributed by atoms with Gasteiger partial charge in [0.15, 0.2) is 0 Å². The predicted molar refractivity (Wildman–Crippen MR) is 121 cm³/mol. The molecule has 30 heavy (non-hydrogen) atoms. The van der Waals surface area contributed by atoms with Gasteiger partial charge in [-0.1, -0.05) is 37.3 Å². The molecule has 3 nitrogen and oxygen atoms in total. The molecule has 3 heteroatoms. The van der Waals surface area contributed by atoms with Crippen molar-refractivity contribution in [1.82, 2.24) is 0 Å². The van der Waals surface area contributed by atoms with E-state index in [1.54, 1.807) is 7.11 Å². The molecule has 156 valence electrons. The van der Waals surface area contributed by atoms with Gasteiger partial charge >= 0.3 is 0 Å². The summed E-state index contributed by atoms with van der Waals surface area (Å²) in [6, 6.07) is 16.5. The fraction of sp³-hybridized carbons (Fsp3) is 0.444. The van der Waals surface area contributed by atoms with Crippen LogP contribution in [0.1, 0.15) is 56.1 Å². The number of carbonyl (C=O) groups is 1. The summed E-state index contributed by atoms with van der Waals surface area (Å²) in [5, 5.41) is 3.15. The van der Waals surface area contributed by atoms with E-state index in [0.717, 1.165) is 42.7 Å². The summed E-state index contributed by atoms with van der Waals surface area (Å²) in [6.45, 7) is 2.35. The van der Waals surface area contributed by atoms with Gasteiger partial charge in [0.05, 0.1) is 7.11 Å². The maximum Gasteiger partial charge on any atom is 0.251 e. The Hall–Kier alpha value is -2.55. The monoisotopic (exact) mass is 401 g/mol. The molecule has 5 rings (SSSR count). The van der Waals surface area contributed by atoms with E-state index in [-0.39, 0.29) is 11.3 Å². The number of hydrogen-bond donors (Lipinski definition) is 1. The average Bonchev–Trinajstić information content (AvgIpc) is 2.78. The molecule has 1 amide bonds. The highest BCUT2D eigenvalue weighted by Crippen LogP contribution is 2.60. The summed E-state index contributed by atoms with van der Waals surface area (Å²) < 4.78 is 5.46. The summed E-state index contributed by atoms with van der Waals surface area (Å²) in [6.07, 6.45) is 9.01. The molecule has 0 bridgehead atoms. The molecule has 0 aliphatic heterocycles. The third-order valence-corrected chi connectivity index (χ3v) is 8.04. The second kappa shape index (κ2) is 7.61. The lowest BCUT2D eigenvalue weighted by molar-refractivity contribution is -0.115. The lowest BCUT2D eigenvalue weighted by Gasteiger charge is -2.54. The molecule has 3 aliphatic carbocycles. The highest BCUT2D eigenvalue weighted by molar-refractivity contribution is 6.04. The number of ether oxygens (including phenoxy) is 1. The first kappa shape index (κ1) is 19.4. The van der Waals surface area contributed by atoms with E-state index in [2.05, 4.69) is 36.5 Å². The zero-order chi connectivity index (χ0) is 20.7. The number of hydrogen-bond acceptors (Lipinski definition) is 2. The Kier molecular flexibility index (Phi) is 4.92. The van der Waals surface area contributed by atoms with Crippen LogP contribution in [0.15, 0.2) is 60.2 Å². The number of rotatable bonds is 3. The van der Waals surface area contributed by atoms with E-state index in [1.807, 2.05) is 30.3 Å². The van der Waals surface area contributed by atoms with E-state index in [4.69, 9.17) is 4.74 Å². The van der Waals surface area contributed by atoms with Crippen LogP contribution < -0.4 is 10.1 Å². The number of carbonyl (C=O) groups excluding carboxylic acids is 1. The van der Waals surface area contributed by atoms with Gasteiger partial charge in [0, 0.05) is 16.7 Å². The number of allylic oxidation sites excluding steroid dienone is 1. The second-order valence-corrected chi connectivity index (χ2v) is 9.45. The van der Waals surface area contributed by atoms with Crippen molar-refractivity contribution in [3.63, 3.8) is 0 Å². The Labute approximate surface area is 179 Å². The summed E-state index contributed by atoms with van der Waals surface area (Å²) in [4.78, 5) is 13.3. The van der Waals surface area contributed by atoms with Crippen molar-refractivity contribution in [2.75, 3.05) is 12.4 Å². The van der Waals surface area contributed by atoms with E-state index in [1.165, 1.54) is 24.0 Å². The molecule has 1 saturated carbocycles. The minimum absolute atomic E-state index is 0.0255. The average molecular weight is 402 g/mol. The topological polar surface area (TPSA) is 38.3 Å². The number of amides is 1. The lowest BCUT2D eigenvalue weighted by Crippen LogP contribution is -2.47. The Bertz CT molecular complexity index is 980. The minimum Gasteiger partial charge on any atom is -0.497 e. The first-order valence-electron chi connectivity index (χ1n) is 11.3. The lowest BCUT2D eigenvalue weighted by atomic mass is 9.50. The Morgan fingerprint density at radius 3 is 2.73 bits per heavy atom. The summed E-state index contributed by atoms with van der Waals surface area (Å²) in [5.41, 5.74) is 4.86. The number of para-hydroxylation sites is 1. The molecule has 1 N–H and O–H groups in total. The van der Waals surface area contributed by atoms with Gasteiger partial charge < -0.3 is 10.1 Å². The number of aryl methyl sites for hydroxylation is 1. The van der Waals surface area contributed by atoms with Crippen LogP contribution in [0.2, 0.25) is 0 Å². The van der Waals surface area contributed by atoms with Gasteiger partial charge in [-0.25, -0.2) is 0 Å². The molecule has 0 heterocycles. The van der Waals surface area contributed by atoms with Gasteiger partial charge in [-0.3, -0.25) is 4.79 Å². The number of nitrogens with one attached hydrogen (secondary N) is 1. The van der Waals surface area contributed by atoms with Crippen LogP contribution in [0.5, 0.6) is 5.75 Å².